The molecule has 1 atom stereocenters. The van der Waals surface area contributed by atoms with Gasteiger partial charge in [-0.2, -0.15) is 4.98 Å². The SMILES string of the molecule is Cc1nc(-c2ccn3c4c(nc3c2)C[C@H](c2cc(F)c(F)cc2F)CC4)no1. The monoisotopic (exact) mass is 384 g/mol. The van der Waals surface area contributed by atoms with Crippen LogP contribution in [0.4, 0.5) is 13.2 Å². The van der Waals surface area contributed by atoms with Gasteiger partial charge in [0, 0.05) is 30.4 Å². The Labute approximate surface area is 157 Å². The van der Waals surface area contributed by atoms with E-state index in [4.69, 9.17) is 4.52 Å². The van der Waals surface area contributed by atoms with Crippen molar-refractivity contribution in [2.75, 3.05) is 0 Å². The van der Waals surface area contributed by atoms with Crippen molar-refractivity contribution in [1.82, 2.24) is 19.5 Å². The molecular formula is C20H15F3N4O. The van der Waals surface area contributed by atoms with E-state index in [0.717, 1.165) is 28.7 Å². The van der Waals surface area contributed by atoms with Gasteiger partial charge in [0.2, 0.25) is 11.7 Å². The van der Waals surface area contributed by atoms with Crippen LogP contribution in [0.3, 0.4) is 0 Å². The van der Waals surface area contributed by atoms with Crippen LogP contribution in [0.5, 0.6) is 0 Å². The van der Waals surface area contributed by atoms with E-state index in [1.54, 1.807) is 6.92 Å². The predicted molar refractivity (Wildman–Crippen MR) is 94.3 cm³/mol. The van der Waals surface area contributed by atoms with Gasteiger partial charge >= 0.3 is 0 Å². The lowest BCUT2D eigenvalue weighted by atomic mass is 9.84. The number of hydrogen-bond donors (Lipinski definition) is 0. The first-order chi connectivity index (χ1) is 13.5. The van der Waals surface area contributed by atoms with E-state index in [2.05, 4.69) is 15.1 Å². The number of fused-ring (bicyclic) bond motifs is 3. The highest BCUT2D eigenvalue weighted by atomic mass is 19.2. The van der Waals surface area contributed by atoms with E-state index in [1.165, 1.54) is 0 Å². The molecule has 3 aromatic heterocycles. The van der Waals surface area contributed by atoms with Gasteiger partial charge in [-0.15, -0.1) is 0 Å². The van der Waals surface area contributed by atoms with Gasteiger partial charge in [0.05, 0.1) is 5.69 Å². The maximum atomic E-state index is 14.2. The van der Waals surface area contributed by atoms with E-state index in [1.807, 2.05) is 22.7 Å². The normalized spacial score (nSPS) is 16.5. The van der Waals surface area contributed by atoms with Crippen LogP contribution < -0.4 is 0 Å². The van der Waals surface area contributed by atoms with Crippen LogP contribution in [-0.4, -0.2) is 19.5 Å². The minimum atomic E-state index is -1.17. The molecule has 0 saturated carbocycles. The molecule has 0 saturated heterocycles. The van der Waals surface area contributed by atoms with Crippen LogP contribution in [0.2, 0.25) is 0 Å². The fourth-order valence-corrected chi connectivity index (χ4v) is 3.89. The zero-order chi connectivity index (χ0) is 19.4. The lowest BCUT2D eigenvalue weighted by Crippen LogP contribution is -2.15. The Morgan fingerprint density at radius 1 is 1.07 bits per heavy atom. The highest BCUT2D eigenvalue weighted by Crippen LogP contribution is 2.35. The molecular weight excluding hydrogens is 369 g/mol. The summed E-state index contributed by atoms with van der Waals surface area (Å²) in [6.07, 6.45) is 3.67. The molecule has 4 aromatic rings. The average molecular weight is 384 g/mol. The van der Waals surface area contributed by atoms with Gasteiger partial charge in [-0.05, 0) is 48.9 Å². The van der Waals surface area contributed by atoms with Gasteiger partial charge in [-0.25, -0.2) is 18.2 Å². The maximum absolute atomic E-state index is 14.2. The first-order valence-corrected chi connectivity index (χ1v) is 8.94. The summed E-state index contributed by atoms with van der Waals surface area (Å²) in [6.45, 7) is 1.72. The van der Waals surface area contributed by atoms with Crippen molar-refractivity contribution in [1.29, 1.82) is 0 Å². The quantitative estimate of drug-likeness (QED) is 0.481. The Hall–Kier alpha value is -3.16. The summed E-state index contributed by atoms with van der Waals surface area (Å²) in [7, 11) is 0. The topological polar surface area (TPSA) is 56.2 Å². The number of pyridine rings is 1. The molecule has 0 N–H and O–H groups in total. The third-order valence-corrected chi connectivity index (χ3v) is 5.24. The zero-order valence-electron chi connectivity index (χ0n) is 14.9. The minimum absolute atomic E-state index is 0.199. The van der Waals surface area contributed by atoms with E-state index in [9.17, 15) is 13.2 Å². The van der Waals surface area contributed by atoms with Crippen molar-refractivity contribution in [2.45, 2.75) is 32.1 Å². The summed E-state index contributed by atoms with van der Waals surface area (Å²) in [5, 5.41) is 3.92. The van der Waals surface area contributed by atoms with Crippen LogP contribution in [0.15, 0.2) is 35.0 Å². The van der Waals surface area contributed by atoms with Crippen LogP contribution in [0, 0.1) is 24.4 Å². The van der Waals surface area contributed by atoms with Crippen molar-refractivity contribution >= 4 is 5.65 Å². The fourth-order valence-electron chi connectivity index (χ4n) is 3.89. The van der Waals surface area contributed by atoms with E-state index in [-0.39, 0.29) is 11.5 Å². The molecule has 0 spiro atoms. The molecule has 142 valence electrons. The number of benzene rings is 1. The van der Waals surface area contributed by atoms with Gasteiger partial charge < -0.3 is 8.92 Å². The van der Waals surface area contributed by atoms with Crippen LogP contribution in [0.25, 0.3) is 17.0 Å². The standard InChI is InChI=1S/C20H15F3N4O/c1-10-24-20(26-28-10)12-4-5-27-18-3-2-11(6-17(18)25-19(27)7-12)13-8-15(22)16(23)9-14(13)21/h4-5,7-9,11H,2-3,6H2,1H3/t11-/m1/s1. The number of rotatable bonds is 2. The Morgan fingerprint density at radius 3 is 2.68 bits per heavy atom. The zero-order valence-corrected chi connectivity index (χ0v) is 14.9. The lowest BCUT2D eigenvalue weighted by Gasteiger charge is -2.22. The largest absolute Gasteiger partial charge is 0.339 e. The molecule has 3 heterocycles. The molecule has 1 aromatic carbocycles. The molecule has 1 aliphatic carbocycles. The summed E-state index contributed by atoms with van der Waals surface area (Å²) in [4.78, 5) is 8.90. The van der Waals surface area contributed by atoms with Gasteiger partial charge in [0.15, 0.2) is 11.6 Å². The second kappa shape index (κ2) is 6.19. The second-order valence-corrected chi connectivity index (χ2v) is 7.01. The minimum Gasteiger partial charge on any atom is -0.339 e. The average Bonchev–Trinajstić information content (AvgIpc) is 3.26. The van der Waals surface area contributed by atoms with Crippen LogP contribution >= 0.6 is 0 Å². The smallest absolute Gasteiger partial charge is 0.223 e. The summed E-state index contributed by atoms with van der Waals surface area (Å²) < 4.78 is 48.0. The van der Waals surface area contributed by atoms with Crippen molar-refractivity contribution in [3.05, 3.63) is 70.8 Å². The van der Waals surface area contributed by atoms with E-state index < -0.39 is 17.5 Å². The van der Waals surface area contributed by atoms with Crippen molar-refractivity contribution in [2.24, 2.45) is 0 Å². The Balaban J connectivity index is 1.51. The van der Waals surface area contributed by atoms with Gasteiger partial charge in [0.1, 0.15) is 11.5 Å². The molecule has 0 amide bonds. The maximum Gasteiger partial charge on any atom is 0.223 e. The lowest BCUT2D eigenvalue weighted by molar-refractivity contribution is 0.394. The Morgan fingerprint density at radius 2 is 1.89 bits per heavy atom. The van der Waals surface area contributed by atoms with Crippen molar-refractivity contribution in [3.63, 3.8) is 0 Å². The highest BCUT2D eigenvalue weighted by Gasteiger charge is 2.27. The number of aryl methyl sites for hydroxylation is 2. The first kappa shape index (κ1) is 17.0. The Kier molecular flexibility index (Phi) is 3.75. The molecule has 0 aliphatic heterocycles. The number of imidazole rings is 1. The summed E-state index contributed by atoms with van der Waals surface area (Å²) in [6, 6.07) is 5.34. The van der Waals surface area contributed by atoms with Crippen LogP contribution in [0.1, 0.15) is 35.2 Å². The molecule has 0 fully saturated rings. The van der Waals surface area contributed by atoms with E-state index >= 15 is 0 Å². The van der Waals surface area contributed by atoms with E-state index in [0.29, 0.717) is 37.0 Å². The highest BCUT2D eigenvalue weighted by molar-refractivity contribution is 5.61. The summed E-state index contributed by atoms with van der Waals surface area (Å²) >= 11 is 0. The third kappa shape index (κ3) is 2.67. The van der Waals surface area contributed by atoms with Crippen molar-refractivity contribution < 1.29 is 17.7 Å². The number of aromatic nitrogens is 4. The molecule has 0 unspecified atom stereocenters. The summed E-state index contributed by atoms with van der Waals surface area (Å²) in [5.74, 6) is -2.19. The molecule has 0 bridgehead atoms. The van der Waals surface area contributed by atoms with Gasteiger partial charge in [-0.1, -0.05) is 5.16 Å². The van der Waals surface area contributed by atoms with Gasteiger partial charge in [-0.3, -0.25) is 0 Å². The van der Waals surface area contributed by atoms with Crippen molar-refractivity contribution in [3.8, 4) is 11.4 Å². The molecule has 28 heavy (non-hydrogen) atoms. The van der Waals surface area contributed by atoms with Crippen LogP contribution in [-0.2, 0) is 12.8 Å². The molecule has 1 aliphatic rings. The molecule has 5 rings (SSSR count). The number of nitrogens with zero attached hydrogens (tertiary/aromatic N) is 4. The Bertz CT molecular complexity index is 1210. The first-order valence-electron chi connectivity index (χ1n) is 8.94. The molecule has 8 heteroatoms. The second-order valence-electron chi connectivity index (χ2n) is 7.01. The number of hydrogen-bond acceptors (Lipinski definition) is 4. The predicted octanol–water partition coefficient (Wildman–Crippen LogP) is 4.38. The number of halogens is 3. The molecule has 5 nitrogen and oxygen atoms in total. The third-order valence-electron chi connectivity index (χ3n) is 5.24. The molecule has 0 radical (unpaired) electrons. The van der Waals surface area contributed by atoms with Gasteiger partial charge in [0.25, 0.3) is 0 Å². The summed E-state index contributed by atoms with van der Waals surface area (Å²) in [5.41, 5.74) is 3.60. The fraction of sp³-hybridized carbons (Fsp3) is 0.250.